The minimum absolute atomic E-state index is 0.0310. The van der Waals surface area contributed by atoms with Crippen molar-refractivity contribution in [3.63, 3.8) is 0 Å². The van der Waals surface area contributed by atoms with Crippen molar-refractivity contribution in [2.45, 2.75) is 63.9 Å². The molecule has 58 heavy (non-hydrogen) atoms. The molecular weight excluding hydrogens is 869 g/mol. The van der Waals surface area contributed by atoms with Crippen LogP contribution in [0.2, 0.25) is 0 Å². The highest BCUT2D eigenvalue weighted by molar-refractivity contribution is 8.13. The summed E-state index contributed by atoms with van der Waals surface area (Å²) in [4.78, 5) is 95.6. The highest BCUT2D eigenvalue weighted by atomic mass is 32.2. The Bertz CT molecular complexity index is 1890. The molecule has 2 aromatic rings. The number of thioether (sulfide) groups is 1. The lowest BCUT2D eigenvalue weighted by Gasteiger charge is -2.30. The van der Waals surface area contributed by atoms with E-state index in [0.717, 1.165) is 29.0 Å². The van der Waals surface area contributed by atoms with E-state index in [2.05, 4.69) is 34.4 Å². The molecule has 2 aromatic heterocycles. The van der Waals surface area contributed by atoms with Crippen molar-refractivity contribution in [1.82, 2.24) is 30.2 Å². The number of carbonyl (C=O) groups excluding carboxylic acids is 3. The van der Waals surface area contributed by atoms with Gasteiger partial charge in [0.05, 0.1) is 26.1 Å². The fourth-order valence-corrected chi connectivity index (χ4v) is 7.72. The van der Waals surface area contributed by atoms with Crippen molar-refractivity contribution in [1.29, 1.82) is 0 Å². The first-order chi connectivity index (χ1) is 26.7. The van der Waals surface area contributed by atoms with E-state index < -0.39 is 103 Å². The third kappa shape index (κ3) is 16.5. The van der Waals surface area contributed by atoms with E-state index in [9.17, 15) is 62.7 Å². The third-order valence-electron chi connectivity index (χ3n) is 7.32. The smallest absolute Gasteiger partial charge is 0.480 e. The molecule has 2 amide bonds. The molecule has 0 aromatic carbocycles. The van der Waals surface area contributed by atoms with Crippen LogP contribution in [0.15, 0.2) is 12.7 Å². The Morgan fingerprint density at radius 2 is 1.69 bits per heavy atom. The van der Waals surface area contributed by atoms with Crippen LogP contribution in [-0.4, -0.2) is 152 Å². The number of rotatable bonds is 21. The number of phosphoric ester groups is 3. The molecular formula is C26H45N8O20P3S. The van der Waals surface area contributed by atoms with Gasteiger partial charge >= 0.3 is 29.4 Å². The SMILES string of the molecule is CC(=O)SCCNC(=O)CCNC(=O)[C@H](O)C(C)(C)COP(=O)(O)OP(=O)(O)OC[C@H]1O[C@@H](n2cnc3c(N)ncnc32)[C@H](O)[C@@H]1OP(=O)(O)O.N[C@@H](CO)C(=O)O. The highest BCUT2D eigenvalue weighted by Crippen LogP contribution is 2.61. The van der Waals surface area contributed by atoms with E-state index >= 15 is 0 Å². The predicted octanol–water partition coefficient (Wildman–Crippen LogP) is -2.92. The molecule has 0 saturated carbocycles. The van der Waals surface area contributed by atoms with E-state index in [4.69, 9.17) is 35.5 Å². The maximum absolute atomic E-state index is 12.6. The Morgan fingerprint density at radius 1 is 1.05 bits per heavy atom. The number of carbonyl (C=O) groups is 4. The molecule has 3 heterocycles. The number of carboxylic acids is 1. The monoisotopic (exact) mass is 914 g/mol. The van der Waals surface area contributed by atoms with Gasteiger partial charge in [-0.1, -0.05) is 25.6 Å². The maximum Gasteiger partial charge on any atom is 0.481 e. The average Bonchev–Trinajstić information content (AvgIpc) is 3.67. The summed E-state index contributed by atoms with van der Waals surface area (Å²) in [5.41, 5.74) is 9.03. The maximum atomic E-state index is 12.6. The number of hydrogen-bond acceptors (Lipinski definition) is 21. The van der Waals surface area contributed by atoms with Gasteiger partial charge in [0.2, 0.25) is 11.8 Å². The van der Waals surface area contributed by atoms with Gasteiger partial charge in [0.25, 0.3) is 0 Å². The lowest BCUT2D eigenvalue weighted by atomic mass is 9.87. The van der Waals surface area contributed by atoms with Crippen LogP contribution in [0.4, 0.5) is 5.82 Å². The Morgan fingerprint density at radius 3 is 2.26 bits per heavy atom. The van der Waals surface area contributed by atoms with Gasteiger partial charge in [0, 0.05) is 37.6 Å². The fourth-order valence-electron chi connectivity index (χ4n) is 4.40. The largest absolute Gasteiger partial charge is 0.481 e. The molecule has 330 valence electrons. The number of anilines is 1. The number of aliphatic hydroxyl groups is 3. The van der Waals surface area contributed by atoms with E-state index in [1.807, 2.05) is 0 Å². The van der Waals surface area contributed by atoms with Gasteiger partial charge in [-0.15, -0.1) is 0 Å². The Hall–Kier alpha value is -3.05. The lowest BCUT2D eigenvalue weighted by Crippen LogP contribution is -2.46. The molecule has 3 rings (SSSR count). The number of nitrogens with zero attached hydrogens (tertiary/aromatic N) is 4. The van der Waals surface area contributed by atoms with E-state index in [1.54, 1.807) is 0 Å². The number of ether oxygens (including phenoxy) is 1. The molecule has 0 bridgehead atoms. The van der Waals surface area contributed by atoms with Gasteiger partial charge in [0.15, 0.2) is 22.8 Å². The Kier molecular flexibility index (Phi) is 19.4. The number of carboxylic acid groups (broad SMARTS) is 1. The van der Waals surface area contributed by atoms with Gasteiger partial charge in [-0.05, 0) is 0 Å². The van der Waals surface area contributed by atoms with Crippen LogP contribution in [-0.2, 0) is 55.5 Å². The molecule has 1 aliphatic heterocycles. The normalized spacial score (nSPS) is 21.5. The number of nitrogens with two attached hydrogens (primary N) is 2. The van der Waals surface area contributed by atoms with Crippen molar-refractivity contribution >= 4 is 75.1 Å². The standard InChI is InChI=1S/C23H38N7O17P3S.C3H7NO3/c1-12(31)51-7-6-25-14(32)4-5-26-21(35)18(34)23(2,3)9-44-50(41,42)47-49(39,40)43-8-13-17(46-48(36,37)38)16(33)22(45-13)30-11-29-15-19(24)27-10-28-20(15)30;4-2(1-5)3(6)7/h10-11,13,16-18,22,33-34H,4-9H2,1-3H3,(H,25,32)(H,26,35)(H,39,40)(H,41,42)(H2,24,27,28)(H2,36,37,38);2,5H,1,4H2,(H,6,7)/t13-,16-,17-,18+,22-;2-/m10/s1. The summed E-state index contributed by atoms with van der Waals surface area (Å²) < 4.78 is 61.8. The summed E-state index contributed by atoms with van der Waals surface area (Å²) >= 11 is 1.03. The summed E-state index contributed by atoms with van der Waals surface area (Å²) in [6.07, 6.45) is -6.88. The molecule has 2 unspecified atom stereocenters. The first kappa shape index (κ1) is 51.1. The van der Waals surface area contributed by atoms with Gasteiger partial charge in [-0.3, -0.25) is 37.3 Å². The Labute approximate surface area is 332 Å². The molecule has 28 nitrogen and oxygen atoms in total. The molecule has 1 saturated heterocycles. The molecule has 1 aliphatic rings. The van der Waals surface area contributed by atoms with E-state index in [1.165, 1.54) is 20.8 Å². The van der Waals surface area contributed by atoms with Crippen LogP contribution in [0.5, 0.6) is 0 Å². The number of imidazole rings is 1. The van der Waals surface area contributed by atoms with Crippen LogP contribution in [0.3, 0.4) is 0 Å². The molecule has 8 atom stereocenters. The second-order valence-corrected chi connectivity index (χ2v) is 18.0. The molecule has 32 heteroatoms. The summed E-state index contributed by atoms with van der Waals surface area (Å²) in [5, 5.41) is 42.0. The van der Waals surface area contributed by atoms with Crippen molar-refractivity contribution in [3.8, 4) is 0 Å². The number of amides is 2. The lowest BCUT2D eigenvalue weighted by molar-refractivity contribution is -0.139. The molecule has 0 spiro atoms. The van der Waals surface area contributed by atoms with Crippen molar-refractivity contribution in [3.05, 3.63) is 12.7 Å². The zero-order valence-corrected chi connectivity index (χ0v) is 34.2. The summed E-state index contributed by atoms with van der Waals surface area (Å²) in [6.45, 7) is 1.40. The van der Waals surface area contributed by atoms with Crippen LogP contribution in [0, 0.1) is 5.41 Å². The summed E-state index contributed by atoms with van der Waals surface area (Å²) in [7, 11) is -16.4. The number of phosphoric acid groups is 3. The number of aromatic nitrogens is 4. The zero-order chi connectivity index (χ0) is 44.2. The van der Waals surface area contributed by atoms with Crippen LogP contribution < -0.4 is 22.1 Å². The Balaban J connectivity index is 0.00000151. The van der Waals surface area contributed by atoms with Crippen LogP contribution in [0.25, 0.3) is 11.2 Å². The van der Waals surface area contributed by atoms with Crippen molar-refractivity contribution in [2.75, 3.05) is 44.4 Å². The van der Waals surface area contributed by atoms with Gasteiger partial charge in [0.1, 0.15) is 42.3 Å². The first-order valence-electron chi connectivity index (χ1n) is 16.3. The topological polar surface area (TPSA) is 447 Å². The minimum atomic E-state index is -5.56. The number of fused-ring (bicyclic) bond motifs is 1. The predicted molar refractivity (Wildman–Crippen MR) is 195 cm³/mol. The summed E-state index contributed by atoms with van der Waals surface area (Å²) in [5.74, 6) is -2.26. The molecule has 1 fully saturated rings. The second kappa shape index (κ2) is 22.0. The highest BCUT2D eigenvalue weighted by Gasteiger charge is 2.50. The number of nitrogens with one attached hydrogen (secondary N) is 2. The second-order valence-electron chi connectivity index (χ2n) is 12.5. The average molecular weight is 915 g/mol. The van der Waals surface area contributed by atoms with Gasteiger partial charge < -0.3 is 66.8 Å². The van der Waals surface area contributed by atoms with Crippen molar-refractivity contribution in [2.24, 2.45) is 11.1 Å². The number of aliphatic carboxylic acids is 1. The molecule has 14 N–H and O–H groups in total. The molecule has 0 radical (unpaired) electrons. The van der Waals surface area contributed by atoms with Gasteiger partial charge in [-0.2, -0.15) is 4.31 Å². The van der Waals surface area contributed by atoms with Gasteiger partial charge in [-0.25, -0.2) is 28.6 Å². The fraction of sp³-hybridized carbons (Fsp3) is 0.654. The molecule has 0 aliphatic carbocycles. The number of nitrogen functional groups attached to an aromatic ring is 1. The minimum Gasteiger partial charge on any atom is -0.480 e. The summed E-state index contributed by atoms with van der Waals surface area (Å²) in [6, 6.07) is -1.13. The number of hydrogen-bond donors (Lipinski definition) is 12. The zero-order valence-electron chi connectivity index (χ0n) is 30.7. The van der Waals surface area contributed by atoms with Crippen LogP contribution in [0.1, 0.15) is 33.4 Å². The first-order valence-corrected chi connectivity index (χ1v) is 21.8. The number of aliphatic hydroxyl groups excluding tert-OH is 3. The van der Waals surface area contributed by atoms with Crippen molar-refractivity contribution < 1.29 is 95.5 Å². The third-order valence-corrected chi connectivity index (χ3v) is 11.2. The van der Waals surface area contributed by atoms with E-state index in [0.29, 0.717) is 5.75 Å². The van der Waals surface area contributed by atoms with E-state index in [-0.39, 0.29) is 41.6 Å². The van der Waals surface area contributed by atoms with Crippen LogP contribution >= 0.6 is 35.2 Å². The quantitative estimate of drug-likeness (QED) is 0.0441.